The lowest BCUT2D eigenvalue weighted by atomic mass is 10.2. The van der Waals surface area contributed by atoms with Gasteiger partial charge in [-0.3, -0.25) is 10.1 Å². The molecule has 17 heavy (non-hydrogen) atoms. The van der Waals surface area contributed by atoms with Crippen LogP contribution in [0.4, 0.5) is 9.93 Å². The molecule has 0 aliphatic rings. The van der Waals surface area contributed by atoms with E-state index in [1.165, 1.54) is 0 Å². The fraction of sp³-hybridized carbons (Fsp3) is 0.556. The Labute approximate surface area is 102 Å². The second-order valence-corrected chi connectivity index (χ2v) is 4.33. The fourth-order valence-corrected chi connectivity index (χ4v) is 1.69. The summed E-state index contributed by atoms with van der Waals surface area (Å²) in [6, 6.07) is -0.612. The molecule has 1 aromatic rings. The summed E-state index contributed by atoms with van der Waals surface area (Å²) in [7, 11) is 0. The summed E-state index contributed by atoms with van der Waals surface area (Å²) in [4.78, 5) is 25.8. The molecular formula is C9H14N4O3S. The van der Waals surface area contributed by atoms with Crippen molar-refractivity contribution in [1.82, 2.24) is 14.7 Å². The zero-order valence-electron chi connectivity index (χ0n) is 9.56. The molecule has 0 fully saturated rings. The van der Waals surface area contributed by atoms with Gasteiger partial charge in [0.25, 0.3) is 0 Å². The van der Waals surface area contributed by atoms with Gasteiger partial charge in [-0.05, 0) is 20.3 Å². The maximum Gasteiger partial charge on any atom is 0.321 e. The fourth-order valence-electron chi connectivity index (χ4n) is 1.12. The van der Waals surface area contributed by atoms with Crippen molar-refractivity contribution in [1.29, 1.82) is 0 Å². The third-order valence-electron chi connectivity index (χ3n) is 1.92. The minimum Gasteiger partial charge on any atom is -0.481 e. The summed E-state index contributed by atoms with van der Waals surface area (Å²) >= 11 is 1.10. The van der Waals surface area contributed by atoms with E-state index >= 15 is 0 Å². The van der Waals surface area contributed by atoms with E-state index in [1.54, 1.807) is 13.8 Å². The first-order valence-electron chi connectivity index (χ1n) is 5.07. The summed E-state index contributed by atoms with van der Waals surface area (Å²) in [6.07, 6.45) is 0.414. The predicted octanol–water partition coefficient (Wildman–Crippen LogP) is 1.22. The van der Waals surface area contributed by atoms with Gasteiger partial charge in [-0.2, -0.15) is 4.37 Å². The number of amides is 2. The average molecular weight is 258 g/mol. The van der Waals surface area contributed by atoms with Crippen molar-refractivity contribution >= 4 is 28.7 Å². The number of anilines is 1. The number of rotatable bonds is 5. The molecule has 2 amide bonds. The number of hydrogen-bond donors (Lipinski definition) is 3. The highest BCUT2D eigenvalue weighted by molar-refractivity contribution is 7.09. The minimum absolute atomic E-state index is 0.0271. The van der Waals surface area contributed by atoms with E-state index in [0.717, 1.165) is 11.5 Å². The van der Waals surface area contributed by atoms with Crippen LogP contribution in [0.25, 0.3) is 0 Å². The van der Waals surface area contributed by atoms with Crippen molar-refractivity contribution in [3.63, 3.8) is 0 Å². The first-order chi connectivity index (χ1) is 7.97. The molecule has 1 aromatic heterocycles. The molecule has 94 valence electrons. The Morgan fingerprint density at radius 2 is 2.24 bits per heavy atom. The summed E-state index contributed by atoms with van der Waals surface area (Å²) < 4.78 is 3.92. The molecule has 7 nitrogen and oxygen atoms in total. The van der Waals surface area contributed by atoms with Crippen LogP contribution in [0.15, 0.2) is 0 Å². The monoisotopic (exact) mass is 258 g/mol. The molecule has 8 heteroatoms. The third kappa shape index (κ3) is 5.25. The van der Waals surface area contributed by atoms with Gasteiger partial charge in [0.1, 0.15) is 5.82 Å². The molecule has 1 atom stereocenters. The van der Waals surface area contributed by atoms with Gasteiger partial charge in [-0.1, -0.05) is 0 Å². The number of nitrogens with one attached hydrogen (secondary N) is 2. The quantitative estimate of drug-likeness (QED) is 0.736. The molecular weight excluding hydrogens is 244 g/mol. The number of urea groups is 1. The Morgan fingerprint density at radius 3 is 2.76 bits per heavy atom. The van der Waals surface area contributed by atoms with E-state index in [9.17, 15) is 9.59 Å². The molecule has 0 aromatic carbocycles. The minimum atomic E-state index is -0.876. The van der Waals surface area contributed by atoms with E-state index in [1.807, 2.05) is 0 Å². The number of hydrogen-bond acceptors (Lipinski definition) is 5. The zero-order chi connectivity index (χ0) is 12.8. The normalized spacial score (nSPS) is 11.9. The molecule has 0 saturated carbocycles. The van der Waals surface area contributed by atoms with Crippen LogP contribution >= 0.6 is 11.5 Å². The molecule has 0 bridgehead atoms. The molecule has 1 rings (SSSR count). The average Bonchev–Trinajstić information content (AvgIpc) is 2.60. The van der Waals surface area contributed by atoms with Crippen LogP contribution < -0.4 is 10.6 Å². The van der Waals surface area contributed by atoms with E-state index in [4.69, 9.17) is 5.11 Å². The number of aromatic nitrogens is 2. The smallest absolute Gasteiger partial charge is 0.321 e. The number of carboxylic acids is 1. The highest BCUT2D eigenvalue weighted by Crippen LogP contribution is 2.09. The predicted molar refractivity (Wildman–Crippen MR) is 63.1 cm³/mol. The van der Waals surface area contributed by atoms with Gasteiger partial charge >= 0.3 is 12.0 Å². The van der Waals surface area contributed by atoms with Crippen molar-refractivity contribution < 1.29 is 14.7 Å². The Balaban J connectivity index is 2.31. The van der Waals surface area contributed by atoms with Gasteiger partial charge in [0, 0.05) is 24.0 Å². The first-order valence-corrected chi connectivity index (χ1v) is 5.84. The van der Waals surface area contributed by atoms with Crippen LogP contribution in [0, 0.1) is 6.92 Å². The van der Waals surface area contributed by atoms with Gasteiger partial charge in [0.15, 0.2) is 0 Å². The Bertz CT molecular complexity index is 407. The number of carbonyl (C=O) groups excluding carboxylic acids is 1. The second-order valence-electron chi connectivity index (χ2n) is 3.58. The van der Waals surface area contributed by atoms with Crippen LogP contribution in [-0.2, 0) is 4.79 Å². The van der Waals surface area contributed by atoms with Gasteiger partial charge in [0.2, 0.25) is 5.13 Å². The van der Waals surface area contributed by atoms with E-state index in [-0.39, 0.29) is 12.5 Å². The van der Waals surface area contributed by atoms with Crippen LogP contribution in [-0.4, -0.2) is 32.5 Å². The lowest BCUT2D eigenvalue weighted by Gasteiger charge is -2.12. The zero-order valence-corrected chi connectivity index (χ0v) is 10.4. The Kier molecular flexibility index (Phi) is 4.83. The van der Waals surface area contributed by atoms with Crippen molar-refractivity contribution in [2.24, 2.45) is 0 Å². The number of carboxylic acid groups (broad SMARTS) is 1. The molecule has 0 aliphatic heterocycles. The lowest BCUT2D eigenvalue weighted by Crippen LogP contribution is -2.36. The van der Waals surface area contributed by atoms with Crippen LogP contribution in [0.5, 0.6) is 0 Å². The second kappa shape index (κ2) is 6.14. The number of aliphatic carboxylic acids is 1. The SMILES string of the molecule is Cc1nsc(NC(=O)NC(C)CCC(=O)O)n1. The summed E-state index contributed by atoms with van der Waals surface area (Å²) in [5.74, 6) is -0.275. The maximum absolute atomic E-state index is 11.4. The maximum atomic E-state index is 11.4. The van der Waals surface area contributed by atoms with Crippen molar-refractivity contribution in [3.05, 3.63) is 5.82 Å². The van der Waals surface area contributed by atoms with Crippen molar-refractivity contribution in [2.75, 3.05) is 5.32 Å². The summed E-state index contributed by atoms with van der Waals surface area (Å²) in [5.41, 5.74) is 0. The topological polar surface area (TPSA) is 104 Å². The third-order valence-corrected chi connectivity index (χ3v) is 2.64. The summed E-state index contributed by atoms with van der Waals surface area (Å²) in [5, 5.41) is 14.1. The van der Waals surface area contributed by atoms with Crippen LogP contribution in [0.1, 0.15) is 25.6 Å². The first kappa shape index (κ1) is 13.4. The van der Waals surface area contributed by atoms with E-state index < -0.39 is 12.0 Å². The molecule has 3 N–H and O–H groups in total. The number of aryl methyl sites for hydroxylation is 1. The Morgan fingerprint density at radius 1 is 1.53 bits per heavy atom. The number of carbonyl (C=O) groups is 2. The largest absolute Gasteiger partial charge is 0.481 e. The molecule has 0 radical (unpaired) electrons. The van der Waals surface area contributed by atoms with Gasteiger partial charge in [-0.25, -0.2) is 9.78 Å². The molecule has 0 spiro atoms. The van der Waals surface area contributed by atoms with Crippen molar-refractivity contribution in [2.45, 2.75) is 32.7 Å². The van der Waals surface area contributed by atoms with Crippen LogP contribution in [0.2, 0.25) is 0 Å². The highest BCUT2D eigenvalue weighted by atomic mass is 32.1. The number of nitrogens with zero attached hydrogens (tertiary/aromatic N) is 2. The highest BCUT2D eigenvalue weighted by Gasteiger charge is 2.10. The molecule has 0 aliphatic carbocycles. The lowest BCUT2D eigenvalue weighted by molar-refractivity contribution is -0.137. The summed E-state index contributed by atoms with van der Waals surface area (Å²) in [6.45, 7) is 3.48. The Hall–Kier alpha value is -1.70. The van der Waals surface area contributed by atoms with E-state index in [0.29, 0.717) is 17.4 Å². The van der Waals surface area contributed by atoms with Crippen LogP contribution in [0.3, 0.4) is 0 Å². The molecule has 1 unspecified atom stereocenters. The molecule has 0 saturated heterocycles. The van der Waals surface area contributed by atoms with Crippen molar-refractivity contribution in [3.8, 4) is 0 Å². The van der Waals surface area contributed by atoms with Gasteiger partial charge in [-0.15, -0.1) is 0 Å². The standard InChI is InChI=1S/C9H14N4O3S/c1-5(3-4-7(14)15)10-8(16)12-9-11-6(2)13-17-9/h5H,3-4H2,1-2H3,(H,14,15)(H2,10,11,12,13,16). The van der Waals surface area contributed by atoms with E-state index in [2.05, 4.69) is 20.0 Å². The van der Waals surface area contributed by atoms with Gasteiger partial charge in [0.05, 0.1) is 0 Å². The van der Waals surface area contributed by atoms with Gasteiger partial charge < -0.3 is 10.4 Å². The molecule has 1 heterocycles.